The topological polar surface area (TPSA) is 93.7 Å². The van der Waals surface area contributed by atoms with E-state index in [0.717, 1.165) is 5.56 Å². The summed E-state index contributed by atoms with van der Waals surface area (Å²) in [6, 6.07) is 4.58. The van der Waals surface area contributed by atoms with Crippen LogP contribution in [0.15, 0.2) is 18.2 Å². The molecule has 1 atom stereocenters. The number of benzene rings is 1. The second-order valence-electron chi connectivity index (χ2n) is 6.11. The summed E-state index contributed by atoms with van der Waals surface area (Å²) in [4.78, 5) is 35.0. The molecule has 0 aliphatic heterocycles. The van der Waals surface area contributed by atoms with E-state index >= 15 is 0 Å². The number of esters is 1. The zero-order chi connectivity index (χ0) is 19.7. The van der Waals surface area contributed by atoms with Gasteiger partial charge in [0.2, 0.25) is 0 Å². The summed E-state index contributed by atoms with van der Waals surface area (Å²) in [6.45, 7) is 7.14. The van der Waals surface area contributed by atoms with Gasteiger partial charge in [0, 0.05) is 17.5 Å². The number of ether oxygens (including phenoxy) is 2. The Morgan fingerprint density at radius 3 is 2.50 bits per heavy atom. The van der Waals surface area contributed by atoms with E-state index in [1.54, 1.807) is 26.0 Å². The first-order chi connectivity index (χ1) is 12.2. The van der Waals surface area contributed by atoms with Crippen molar-refractivity contribution in [2.75, 3.05) is 6.61 Å². The maximum atomic E-state index is 11.8. The lowest BCUT2D eigenvalue weighted by Crippen LogP contribution is -2.46. The standard InChI is InChI=1S/C18H25ClN2O5/c1-11(2)20-18(24)21-17(23)13(4)26-16(22)6-5-9-25-14-7-8-15(19)12(3)10-14/h7-8,10-11,13H,5-6,9H2,1-4H3,(H2,20,21,23,24). The minimum atomic E-state index is -1.06. The van der Waals surface area contributed by atoms with E-state index in [-0.39, 0.29) is 12.5 Å². The molecule has 0 saturated carbocycles. The molecule has 0 bridgehead atoms. The van der Waals surface area contributed by atoms with Gasteiger partial charge in [-0.1, -0.05) is 11.6 Å². The molecule has 0 heterocycles. The largest absolute Gasteiger partial charge is 0.494 e. The Bertz CT molecular complexity index is 648. The summed E-state index contributed by atoms with van der Waals surface area (Å²) in [5, 5.41) is 5.29. The third-order valence-corrected chi connectivity index (χ3v) is 3.68. The second kappa shape index (κ2) is 10.7. The molecule has 1 unspecified atom stereocenters. The molecular weight excluding hydrogens is 360 g/mol. The molecule has 0 saturated heterocycles. The van der Waals surface area contributed by atoms with E-state index in [9.17, 15) is 14.4 Å². The number of nitrogens with one attached hydrogen (secondary N) is 2. The van der Waals surface area contributed by atoms with E-state index < -0.39 is 24.0 Å². The number of aryl methyl sites for hydroxylation is 1. The predicted molar refractivity (Wildman–Crippen MR) is 98.3 cm³/mol. The van der Waals surface area contributed by atoms with E-state index in [1.165, 1.54) is 6.92 Å². The van der Waals surface area contributed by atoms with Crippen molar-refractivity contribution in [3.63, 3.8) is 0 Å². The Labute approximate surface area is 158 Å². The van der Waals surface area contributed by atoms with Crippen LogP contribution in [0.1, 0.15) is 39.2 Å². The lowest BCUT2D eigenvalue weighted by Gasteiger charge is -2.14. The summed E-state index contributed by atoms with van der Waals surface area (Å²) in [5.74, 6) is -0.540. The number of hydrogen-bond acceptors (Lipinski definition) is 5. The van der Waals surface area contributed by atoms with Crippen LogP contribution in [0.25, 0.3) is 0 Å². The molecule has 7 nitrogen and oxygen atoms in total. The summed E-state index contributed by atoms with van der Waals surface area (Å²) < 4.78 is 10.5. The molecule has 1 aromatic rings. The molecule has 144 valence electrons. The van der Waals surface area contributed by atoms with Crippen molar-refractivity contribution in [3.05, 3.63) is 28.8 Å². The Hall–Kier alpha value is -2.28. The predicted octanol–water partition coefficient (Wildman–Crippen LogP) is 2.97. The van der Waals surface area contributed by atoms with Gasteiger partial charge in [0.1, 0.15) is 5.75 Å². The van der Waals surface area contributed by atoms with Crippen LogP contribution in [-0.2, 0) is 14.3 Å². The third-order valence-electron chi connectivity index (χ3n) is 3.26. The van der Waals surface area contributed by atoms with Crippen LogP contribution >= 0.6 is 11.6 Å². The highest BCUT2D eigenvalue weighted by Gasteiger charge is 2.20. The summed E-state index contributed by atoms with van der Waals surface area (Å²) in [7, 11) is 0. The molecule has 0 aliphatic carbocycles. The number of carbonyl (C=O) groups is 3. The lowest BCUT2D eigenvalue weighted by atomic mass is 10.2. The molecule has 2 N–H and O–H groups in total. The number of halogens is 1. The fraction of sp³-hybridized carbons (Fsp3) is 0.500. The molecule has 1 rings (SSSR count). The first-order valence-electron chi connectivity index (χ1n) is 8.38. The van der Waals surface area contributed by atoms with Crippen molar-refractivity contribution >= 4 is 29.5 Å². The zero-order valence-corrected chi connectivity index (χ0v) is 16.2. The number of amides is 3. The molecule has 26 heavy (non-hydrogen) atoms. The second-order valence-corrected chi connectivity index (χ2v) is 6.52. The molecule has 1 aromatic carbocycles. The van der Waals surface area contributed by atoms with E-state index in [4.69, 9.17) is 21.1 Å². The third kappa shape index (κ3) is 8.20. The Morgan fingerprint density at radius 1 is 1.19 bits per heavy atom. The minimum Gasteiger partial charge on any atom is -0.494 e. The molecule has 0 spiro atoms. The minimum absolute atomic E-state index is 0.0996. The Kier molecular flexibility index (Phi) is 8.92. The quantitative estimate of drug-likeness (QED) is 0.530. The number of rotatable bonds is 8. The Morgan fingerprint density at radius 2 is 1.88 bits per heavy atom. The number of carbonyl (C=O) groups excluding carboxylic acids is 3. The summed E-state index contributed by atoms with van der Waals surface area (Å²) >= 11 is 5.94. The van der Waals surface area contributed by atoms with Crippen LogP contribution in [0.2, 0.25) is 5.02 Å². The van der Waals surface area contributed by atoms with E-state index in [2.05, 4.69) is 10.6 Å². The van der Waals surface area contributed by atoms with Gasteiger partial charge in [-0.15, -0.1) is 0 Å². The van der Waals surface area contributed by atoms with Crippen LogP contribution in [-0.4, -0.2) is 36.7 Å². The summed E-state index contributed by atoms with van der Waals surface area (Å²) in [6.07, 6.45) is -0.523. The van der Waals surface area contributed by atoms with Gasteiger partial charge in [-0.25, -0.2) is 4.79 Å². The monoisotopic (exact) mass is 384 g/mol. The maximum absolute atomic E-state index is 11.8. The molecule has 8 heteroatoms. The highest BCUT2D eigenvalue weighted by Crippen LogP contribution is 2.21. The average molecular weight is 385 g/mol. The zero-order valence-electron chi connectivity index (χ0n) is 15.4. The molecule has 0 aliphatic rings. The van der Waals surface area contributed by atoms with Gasteiger partial charge in [-0.2, -0.15) is 0 Å². The van der Waals surface area contributed by atoms with Gasteiger partial charge in [-0.05, 0) is 57.9 Å². The number of hydrogen-bond donors (Lipinski definition) is 2. The van der Waals surface area contributed by atoms with Crippen LogP contribution in [0, 0.1) is 6.92 Å². The van der Waals surface area contributed by atoms with Gasteiger partial charge in [-0.3, -0.25) is 14.9 Å². The molecule has 3 amide bonds. The molecule has 0 aromatic heterocycles. The smallest absolute Gasteiger partial charge is 0.321 e. The van der Waals surface area contributed by atoms with Crippen LogP contribution in [0.3, 0.4) is 0 Å². The van der Waals surface area contributed by atoms with Crippen molar-refractivity contribution in [3.8, 4) is 5.75 Å². The van der Waals surface area contributed by atoms with Gasteiger partial charge in [0.15, 0.2) is 6.10 Å². The fourth-order valence-electron chi connectivity index (χ4n) is 1.93. The summed E-state index contributed by atoms with van der Waals surface area (Å²) in [5.41, 5.74) is 0.907. The maximum Gasteiger partial charge on any atom is 0.321 e. The van der Waals surface area contributed by atoms with E-state index in [0.29, 0.717) is 23.8 Å². The van der Waals surface area contributed by atoms with Crippen LogP contribution in [0.5, 0.6) is 5.75 Å². The van der Waals surface area contributed by atoms with E-state index in [1.807, 2.05) is 13.0 Å². The van der Waals surface area contributed by atoms with Crippen molar-refractivity contribution in [2.24, 2.45) is 0 Å². The fourth-order valence-corrected chi connectivity index (χ4v) is 2.05. The van der Waals surface area contributed by atoms with Gasteiger partial charge >= 0.3 is 12.0 Å². The normalized spacial score (nSPS) is 11.6. The van der Waals surface area contributed by atoms with Crippen LogP contribution in [0.4, 0.5) is 4.79 Å². The van der Waals surface area contributed by atoms with Crippen molar-refractivity contribution < 1.29 is 23.9 Å². The number of imide groups is 1. The van der Waals surface area contributed by atoms with Crippen LogP contribution < -0.4 is 15.4 Å². The number of urea groups is 1. The molecule has 0 radical (unpaired) electrons. The first kappa shape index (κ1) is 21.8. The molecule has 0 fully saturated rings. The van der Waals surface area contributed by atoms with Crippen molar-refractivity contribution in [1.82, 2.24) is 10.6 Å². The highest BCUT2D eigenvalue weighted by molar-refractivity contribution is 6.31. The van der Waals surface area contributed by atoms with Gasteiger partial charge in [0.25, 0.3) is 5.91 Å². The highest BCUT2D eigenvalue weighted by atomic mass is 35.5. The SMILES string of the molecule is Cc1cc(OCCCC(=O)OC(C)C(=O)NC(=O)NC(C)C)ccc1Cl. The molecular formula is C18H25ClN2O5. The van der Waals surface area contributed by atoms with Crippen molar-refractivity contribution in [2.45, 2.75) is 52.7 Å². The first-order valence-corrected chi connectivity index (χ1v) is 8.76. The lowest BCUT2D eigenvalue weighted by molar-refractivity contribution is -0.154. The Balaban J connectivity index is 2.27. The van der Waals surface area contributed by atoms with Gasteiger partial charge in [0.05, 0.1) is 6.61 Å². The van der Waals surface area contributed by atoms with Gasteiger partial charge < -0.3 is 14.8 Å². The average Bonchev–Trinajstić information content (AvgIpc) is 2.53. The van der Waals surface area contributed by atoms with Crippen molar-refractivity contribution in [1.29, 1.82) is 0 Å².